The van der Waals surface area contributed by atoms with Crippen LogP contribution in [-0.2, 0) is 19.1 Å². The zero-order chi connectivity index (χ0) is 17.2. The van der Waals surface area contributed by atoms with Crippen molar-refractivity contribution in [3.05, 3.63) is 11.1 Å². The van der Waals surface area contributed by atoms with E-state index in [-0.39, 0.29) is 18.1 Å². The summed E-state index contributed by atoms with van der Waals surface area (Å²) in [7, 11) is 0. The molecule has 0 bridgehead atoms. The summed E-state index contributed by atoms with van der Waals surface area (Å²) in [5.74, 6) is -2.94. The molecule has 1 aliphatic carbocycles. The molecule has 0 aromatic rings. The fourth-order valence-corrected chi connectivity index (χ4v) is 2.82. The molecular formula is C17H26O6. The van der Waals surface area contributed by atoms with Gasteiger partial charge in [-0.1, -0.05) is 19.8 Å². The molecule has 6 nitrogen and oxygen atoms in total. The molecule has 0 aromatic heterocycles. The quantitative estimate of drug-likeness (QED) is 0.498. The summed E-state index contributed by atoms with van der Waals surface area (Å²) in [5.41, 5.74) is 0.189. The fraction of sp³-hybridized carbons (Fsp3) is 0.706. The first-order chi connectivity index (χ1) is 10.9. The van der Waals surface area contributed by atoms with E-state index in [4.69, 9.17) is 9.84 Å². The van der Waals surface area contributed by atoms with Crippen LogP contribution in [-0.4, -0.2) is 34.2 Å². The Hall–Kier alpha value is -1.85. The van der Waals surface area contributed by atoms with Crippen molar-refractivity contribution in [1.29, 1.82) is 0 Å². The molecule has 1 saturated carbocycles. The van der Waals surface area contributed by atoms with Gasteiger partial charge in [0.25, 0.3) is 0 Å². The Morgan fingerprint density at radius 2 is 1.70 bits per heavy atom. The number of rotatable bonds is 9. The van der Waals surface area contributed by atoms with E-state index in [1.165, 1.54) is 0 Å². The minimum absolute atomic E-state index is 0.0866. The van der Waals surface area contributed by atoms with Gasteiger partial charge in [-0.15, -0.1) is 0 Å². The van der Waals surface area contributed by atoms with Crippen LogP contribution in [0.3, 0.4) is 0 Å². The Morgan fingerprint density at radius 1 is 1.04 bits per heavy atom. The third kappa shape index (κ3) is 7.30. The highest BCUT2D eigenvalue weighted by molar-refractivity contribution is 5.93. The van der Waals surface area contributed by atoms with Crippen LogP contribution in [0.25, 0.3) is 0 Å². The number of aliphatic carboxylic acids is 2. The minimum atomic E-state index is -1.27. The van der Waals surface area contributed by atoms with Crippen LogP contribution in [0.5, 0.6) is 0 Å². The first-order valence-corrected chi connectivity index (χ1v) is 8.29. The van der Waals surface area contributed by atoms with E-state index in [2.05, 4.69) is 0 Å². The zero-order valence-electron chi connectivity index (χ0n) is 13.7. The molecule has 0 unspecified atom stereocenters. The van der Waals surface area contributed by atoms with E-state index >= 15 is 0 Å². The zero-order valence-corrected chi connectivity index (χ0v) is 13.7. The van der Waals surface area contributed by atoms with Crippen molar-refractivity contribution in [2.75, 3.05) is 0 Å². The standard InChI is InChI=1S/C17H26O6/c1-2-3-7-12(14(17(21)22)11-15(18)19)10-16(20)23-13-8-5-4-6-9-13/h13H,2-11H2,1H3,(H,18,19)(H,21,22). The van der Waals surface area contributed by atoms with Crippen molar-refractivity contribution in [1.82, 2.24) is 0 Å². The number of unbranched alkanes of at least 4 members (excludes halogenated alkanes) is 1. The predicted octanol–water partition coefficient (Wildman–Crippen LogP) is 3.30. The Labute approximate surface area is 136 Å². The Balaban J connectivity index is 2.79. The first kappa shape index (κ1) is 19.2. The highest BCUT2D eigenvalue weighted by atomic mass is 16.5. The SMILES string of the molecule is CCCCC(CC(=O)OC1CCCCC1)=C(CC(=O)O)C(=O)O. The molecule has 6 heteroatoms. The second-order valence-electron chi connectivity index (χ2n) is 5.99. The largest absolute Gasteiger partial charge is 0.481 e. The van der Waals surface area contributed by atoms with Crippen molar-refractivity contribution in [2.24, 2.45) is 0 Å². The molecule has 1 fully saturated rings. The van der Waals surface area contributed by atoms with Crippen LogP contribution in [0.2, 0.25) is 0 Å². The normalized spacial score (nSPS) is 16.6. The number of hydrogen-bond acceptors (Lipinski definition) is 4. The molecule has 0 aromatic carbocycles. The van der Waals surface area contributed by atoms with Gasteiger partial charge < -0.3 is 14.9 Å². The van der Waals surface area contributed by atoms with Crippen LogP contribution >= 0.6 is 0 Å². The molecular weight excluding hydrogens is 300 g/mol. The lowest BCUT2D eigenvalue weighted by atomic mass is 9.96. The highest BCUT2D eigenvalue weighted by Gasteiger charge is 2.22. The van der Waals surface area contributed by atoms with Crippen molar-refractivity contribution in [3.8, 4) is 0 Å². The summed E-state index contributed by atoms with van der Waals surface area (Å²) < 4.78 is 5.42. The van der Waals surface area contributed by atoms with Gasteiger partial charge in [-0.05, 0) is 44.1 Å². The average molecular weight is 326 g/mol. The van der Waals surface area contributed by atoms with Gasteiger partial charge in [0.05, 0.1) is 12.8 Å². The summed E-state index contributed by atoms with van der Waals surface area (Å²) in [6, 6.07) is 0. The van der Waals surface area contributed by atoms with Crippen LogP contribution < -0.4 is 0 Å². The predicted molar refractivity (Wildman–Crippen MR) is 84.0 cm³/mol. The number of esters is 1. The lowest BCUT2D eigenvalue weighted by molar-refractivity contribution is -0.149. The number of ether oxygens (including phenoxy) is 1. The average Bonchev–Trinajstić information content (AvgIpc) is 2.49. The molecule has 23 heavy (non-hydrogen) atoms. The molecule has 1 aliphatic rings. The third-order valence-corrected chi connectivity index (χ3v) is 4.05. The molecule has 0 saturated heterocycles. The minimum Gasteiger partial charge on any atom is -0.481 e. The van der Waals surface area contributed by atoms with Gasteiger partial charge in [-0.25, -0.2) is 4.79 Å². The second kappa shape index (κ2) is 10.0. The summed E-state index contributed by atoms with van der Waals surface area (Å²) >= 11 is 0. The van der Waals surface area contributed by atoms with Gasteiger partial charge in [-0.2, -0.15) is 0 Å². The maximum absolute atomic E-state index is 12.1. The van der Waals surface area contributed by atoms with Crippen LogP contribution in [0, 0.1) is 0 Å². The summed E-state index contributed by atoms with van der Waals surface area (Å²) in [5, 5.41) is 18.1. The topological polar surface area (TPSA) is 101 Å². The third-order valence-electron chi connectivity index (χ3n) is 4.05. The van der Waals surface area contributed by atoms with E-state index < -0.39 is 24.3 Å². The molecule has 0 atom stereocenters. The van der Waals surface area contributed by atoms with E-state index in [9.17, 15) is 19.5 Å². The lowest BCUT2D eigenvalue weighted by Gasteiger charge is -2.22. The van der Waals surface area contributed by atoms with Gasteiger partial charge in [-0.3, -0.25) is 9.59 Å². The summed E-state index contributed by atoms with van der Waals surface area (Å²) in [6.07, 6.45) is 6.08. The Morgan fingerprint density at radius 3 is 2.22 bits per heavy atom. The fourth-order valence-electron chi connectivity index (χ4n) is 2.82. The van der Waals surface area contributed by atoms with E-state index in [1.54, 1.807) is 0 Å². The van der Waals surface area contributed by atoms with Crippen LogP contribution in [0.15, 0.2) is 11.1 Å². The van der Waals surface area contributed by atoms with Gasteiger partial charge in [0.1, 0.15) is 6.10 Å². The Bertz CT molecular complexity index is 460. The second-order valence-corrected chi connectivity index (χ2v) is 5.99. The first-order valence-electron chi connectivity index (χ1n) is 8.29. The highest BCUT2D eigenvalue weighted by Crippen LogP contribution is 2.24. The Kier molecular flexibility index (Phi) is 8.37. The van der Waals surface area contributed by atoms with Crippen LogP contribution in [0.4, 0.5) is 0 Å². The van der Waals surface area contributed by atoms with Crippen LogP contribution in [0.1, 0.15) is 71.1 Å². The number of carbonyl (C=O) groups is 3. The van der Waals surface area contributed by atoms with E-state index in [0.29, 0.717) is 18.4 Å². The molecule has 0 spiro atoms. The maximum Gasteiger partial charge on any atom is 0.332 e. The van der Waals surface area contributed by atoms with Crippen molar-refractivity contribution >= 4 is 17.9 Å². The molecule has 1 rings (SSSR count). The number of carbonyl (C=O) groups excluding carboxylic acids is 1. The number of carboxylic acid groups (broad SMARTS) is 2. The van der Waals surface area contributed by atoms with Gasteiger partial charge >= 0.3 is 17.9 Å². The maximum atomic E-state index is 12.1. The van der Waals surface area contributed by atoms with Gasteiger partial charge in [0.15, 0.2) is 0 Å². The van der Waals surface area contributed by atoms with Crippen molar-refractivity contribution in [2.45, 2.75) is 77.2 Å². The summed E-state index contributed by atoms with van der Waals surface area (Å²) in [6.45, 7) is 1.95. The molecule has 130 valence electrons. The summed E-state index contributed by atoms with van der Waals surface area (Å²) in [4.78, 5) is 34.3. The molecule has 0 heterocycles. The van der Waals surface area contributed by atoms with E-state index in [0.717, 1.165) is 38.5 Å². The number of carboxylic acids is 2. The van der Waals surface area contributed by atoms with Gasteiger partial charge in [0, 0.05) is 5.57 Å². The monoisotopic (exact) mass is 326 g/mol. The lowest BCUT2D eigenvalue weighted by Crippen LogP contribution is -2.22. The van der Waals surface area contributed by atoms with Crippen molar-refractivity contribution < 1.29 is 29.3 Å². The molecule has 2 N–H and O–H groups in total. The molecule has 0 amide bonds. The number of hydrogen-bond donors (Lipinski definition) is 2. The molecule has 0 aliphatic heterocycles. The van der Waals surface area contributed by atoms with Crippen molar-refractivity contribution in [3.63, 3.8) is 0 Å². The smallest absolute Gasteiger partial charge is 0.332 e. The van der Waals surface area contributed by atoms with Gasteiger partial charge in [0.2, 0.25) is 0 Å². The van der Waals surface area contributed by atoms with E-state index in [1.807, 2.05) is 6.92 Å². The molecule has 0 radical (unpaired) electrons.